The lowest BCUT2D eigenvalue weighted by atomic mass is 10.1. The van der Waals surface area contributed by atoms with Gasteiger partial charge in [-0.1, -0.05) is 29.8 Å². The van der Waals surface area contributed by atoms with Crippen LogP contribution in [0.5, 0.6) is 0 Å². The average Bonchev–Trinajstić information content (AvgIpc) is 2.54. The minimum absolute atomic E-state index is 0.0157. The Morgan fingerprint density at radius 3 is 2.67 bits per heavy atom. The molecule has 0 aliphatic carbocycles. The van der Waals surface area contributed by atoms with Gasteiger partial charge in [-0.2, -0.15) is 5.10 Å². The van der Waals surface area contributed by atoms with Crippen LogP contribution in [-0.2, 0) is 6.54 Å². The number of nitrogens with zero attached hydrogens (tertiary/aromatic N) is 2. The van der Waals surface area contributed by atoms with Crippen molar-refractivity contribution < 1.29 is 4.92 Å². The number of hydrogen-bond acceptors (Lipinski definition) is 5. The monoisotopic (exact) mass is 363 g/mol. The Hall–Kier alpha value is -2.71. The number of rotatable bonds is 6. The first-order valence-electron chi connectivity index (χ1n) is 6.81. The number of hydrazone groups is 1. The summed E-state index contributed by atoms with van der Waals surface area (Å²) in [6.45, 7) is 0.439. The van der Waals surface area contributed by atoms with Crippen molar-refractivity contribution in [2.45, 2.75) is 6.54 Å². The third-order valence-electron chi connectivity index (χ3n) is 3.00. The van der Waals surface area contributed by atoms with E-state index in [9.17, 15) is 10.1 Å². The fraction of sp³-hybridized carbons (Fsp3) is 0.0667. The number of anilines is 1. The minimum atomic E-state index is -0.456. The summed E-state index contributed by atoms with van der Waals surface area (Å²) in [4.78, 5) is 10.8. The van der Waals surface area contributed by atoms with Gasteiger partial charge >= 0.3 is 0 Å². The van der Waals surface area contributed by atoms with Gasteiger partial charge in [0.15, 0.2) is 5.11 Å². The summed E-state index contributed by atoms with van der Waals surface area (Å²) in [6.07, 6.45) is 1.40. The highest BCUT2D eigenvalue weighted by molar-refractivity contribution is 7.80. The van der Waals surface area contributed by atoms with Crippen molar-refractivity contribution in [3.8, 4) is 0 Å². The maximum atomic E-state index is 11.3. The zero-order chi connectivity index (χ0) is 17.5. The van der Waals surface area contributed by atoms with E-state index in [4.69, 9.17) is 17.3 Å². The maximum Gasteiger partial charge on any atom is 0.292 e. The lowest BCUT2D eigenvalue weighted by molar-refractivity contribution is -0.384. The average molecular weight is 364 g/mol. The highest BCUT2D eigenvalue weighted by Gasteiger charge is 2.14. The molecule has 0 fully saturated rings. The number of nitrogens with one attached hydrogen (secondary N) is 2. The first kappa shape index (κ1) is 17.6. The zero-order valence-electron chi connectivity index (χ0n) is 12.4. The molecular weight excluding hydrogens is 350 g/mol. The van der Waals surface area contributed by atoms with E-state index in [1.165, 1.54) is 12.3 Å². The first-order valence-corrected chi connectivity index (χ1v) is 7.59. The summed E-state index contributed by atoms with van der Waals surface area (Å²) in [7, 11) is 0. The van der Waals surface area contributed by atoms with Gasteiger partial charge in [-0.05, 0) is 36.0 Å². The second-order valence-electron chi connectivity index (χ2n) is 4.75. The summed E-state index contributed by atoms with van der Waals surface area (Å²) < 4.78 is 0. The fourth-order valence-corrected chi connectivity index (χ4v) is 2.08. The molecule has 0 atom stereocenters. The Morgan fingerprint density at radius 2 is 2.04 bits per heavy atom. The summed E-state index contributed by atoms with van der Waals surface area (Å²) in [5, 5.41) is 18.7. The van der Waals surface area contributed by atoms with Crippen LogP contribution in [0.2, 0.25) is 5.02 Å². The molecule has 0 unspecified atom stereocenters. The van der Waals surface area contributed by atoms with E-state index in [1.54, 1.807) is 24.3 Å². The van der Waals surface area contributed by atoms with E-state index in [0.29, 0.717) is 22.8 Å². The van der Waals surface area contributed by atoms with Crippen LogP contribution < -0.4 is 16.5 Å². The van der Waals surface area contributed by atoms with Gasteiger partial charge in [-0.25, -0.2) is 0 Å². The van der Waals surface area contributed by atoms with E-state index in [-0.39, 0.29) is 10.8 Å². The summed E-state index contributed by atoms with van der Waals surface area (Å²) in [6, 6.07) is 12.0. The van der Waals surface area contributed by atoms with Crippen molar-refractivity contribution in [2.75, 3.05) is 5.32 Å². The topological polar surface area (TPSA) is 106 Å². The molecule has 2 aromatic carbocycles. The molecule has 0 spiro atoms. The van der Waals surface area contributed by atoms with Gasteiger partial charge < -0.3 is 11.1 Å². The Balaban J connectivity index is 2.14. The minimum Gasteiger partial charge on any atom is -0.375 e. The molecule has 7 nitrogen and oxygen atoms in total. The molecule has 0 amide bonds. The fourth-order valence-electron chi connectivity index (χ4n) is 1.90. The summed E-state index contributed by atoms with van der Waals surface area (Å²) in [5.74, 6) is 0. The second-order valence-corrected chi connectivity index (χ2v) is 5.62. The molecule has 0 bridgehead atoms. The maximum absolute atomic E-state index is 11.3. The molecule has 24 heavy (non-hydrogen) atoms. The number of thiocarbonyl (C=S) groups is 1. The predicted molar refractivity (Wildman–Crippen MR) is 99.4 cm³/mol. The van der Waals surface area contributed by atoms with Gasteiger partial charge in [0, 0.05) is 23.2 Å². The number of nitro groups is 1. The van der Waals surface area contributed by atoms with Crippen molar-refractivity contribution in [3.63, 3.8) is 0 Å². The van der Waals surface area contributed by atoms with Gasteiger partial charge in [0.1, 0.15) is 5.69 Å². The molecule has 124 valence electrons. The third-order valence-corrected chi connectivity index (χ3v) is 3.35. The van der Waals surface area contributed by atoms with Crippen molar-refractivity contribution in [2.24, 2.45) is 10.8 Å². The van der Waals surface area contributed by atoms with Gasteiger partial charge in [0.25, 0.3) is 5.69 Å². The molecule has 2 aromatic rings. The normalized spacial score (nSPS) is 10.5. The van der Waals surface area contributed by atoms with E-state index in [1.807, 2.05) is 12.1 Å². The van der Waals surface area contributed by atoms with Gasteiger partial charge in [0.05, 0.1) is 11.1 Å². The van der Waals surface area contributed by atoms with Crippen LogP contribution in [0.15, 0.2) is 47.6 Å². The molecule has 0 aliphatic rings. The Bertz CT molecular complexity index is 780. The molecule has 0 aromatic heterocycles. The number of benzene rings is 2. The molecule has 0 aliphatic heterocycles. The summed E-state index contributed by atoms with van der Waals surface area (Å²) in [5.41, 5.74) is 9.50. The standard InChI is InChI=1S/C15H14ClN5O2S/c16-12-4-1-10(2-5-12)8-18-13-6-3-11(7-14(13)21(22)23)9-19-20-15(17)24/h1-7,9,18H,8H2,(H3,17,20,24). The van der Waals surface area contributed by atoms with Gasteiger partial charge in [0.2, 0.25) is 0 Å². The lowest BCUT2D eigenvalue weighted by Crippen LogP contribution is -2.23. The van der Waals surface area contributed by atoms with Crippen LogP contribution in [0, 0.1) is 10.1 Å². The molecule has 0 radical (unpaired) electrons. The van der Waals surface area contributed by atoms with Crippen LogP contribution >= 0.6 is 23.8 Å². The highest BCUT2D eigenvalue weighted by Crippen LogP contribution is 2.25. The number of nitro benzene ring substituents is 1. The van der Waals surface area contributed by atoms with Crippen LogP contribution in [0.25, 0.3) is 0 Å². The predicted octanol–water partition coefficient (Wildman–Crippen LogP) is 3.03. The van der Waals surface area contributed by atoms with Crippen LogP contribution in [0.3, 0.4) is 0 Å². The van der Waals surface area contributed by atoms with Crippen LogP contribution in [0.4, 0.5) is 11.4 Å². The Morgan fingerprint density at radius 1 is 1.33 bits per heavy atom. The SMILES string of the molecule is NC(=S)NN=Cc1ccc(NCc2ccc(Cl)cc2)c([N+](=O)[O-])c1. The third kappa shape index (κ3) is 5.18. The zero-order valence-corrected chi connectivity index (χ0v) is 14.0. The molecule has 0 saturated heterocycles. The van der Waals surface area contributed by atoms with Gasteiger partial charge in [-0.3, -0.25) is 15.5 Å². The number of halogens is 1. The summed E-state index contributed by atoms with van der Waals surface area (Å²) >= 11 is 10.4. The van der Waals surface area contributed by atoms with E-state index < -0.39 is 4.92 Å². The van der Waals surface area contributed by atoms with E-state index in [0.717, 1.165) is 5.56 Å². The number of nitrogens with two attached hydrogens (primary N) is 1. The van der Waals surface area contributed by atoms with E-state index >= 15 is 0 Å². The van der Waals surface area contributed by atoms with Crippen molar-refractivity contribution in [1.29, 1.82) is 0 Å². The first-order chi connectivity index (χ1) is 11.5. The van der Waals surface area contributed by atoms with Gasteiger partial charge in [-0.15, -0.1) is 0 Å². The van der Waals surface area contributed by atoms with Crippen molar-refractivity contribution >= 4 is 46.5 Å². The molecular formula is C15H14ClN5O2S. The smallest absolute Gasteiger partial charge is 0.292 e. The highest BCUT2D eigenvalue weighted by atomic mass is 35.5. The Kier molecular flexibility index (Phi) is 6.05. The molecule has 9 heteroatoms. The lowest BCUT2D eigenvalue weighted by Gasteiger charge is -2.08. The molecule has 0 heterocycles. The molecule has 4 N–H and O–H groups in total. The Labute approximate surface area is 148 Å². The number of hydrogen-bond donors (Lipinski definition) is 3. The largest absolute Gasteiger partial charge is 0.375 e. The molecule has 0 saturated carbocycles. The quantitative estimate of drug-likeness (QED) is 0.315. The second kappa shape index (κ2) is 8.23. The van der Waals surface area contributed by atoms with Crippen LogP contribution in [0.1, 0.15) is 11.1 Å². The van der Waals surface area contributed by atoms with Crippen molar-refractivity contribution in [3.05, 3.63) is 68.7 Å². The molecule has 2 rings (SSSR count). The van der Waals surface area contributed by atoms with E-state index in [2.05, 4.69) is 28.1 Å². The van der Waals surface area contributed by atoms with Crippen LogP contribution in [-0.4, -0.2) is 16.3 Å². The van der Waals surface area contributed by atoms with Crippen molar-refractivity contribution in [1.82, 2.24) is 5.43 Å².